The van der Waals surface area contributed by atoms with Crippen LogP contribution in [0.2, 0.25) is 0 Å². The minimum absolute atomic E-state index is 0.0428. The van der Waals surface area contributed by atoms with Crippen LogP contribution in [0.25, 0.3) is 0 Å². The number of imide groups is 1. The summed E-state index contributed by atoms with van der Waals surface area (Å²) in [5.74, 6) is -4.47. The Kier molecular flexibility index (Phi) is 16.8. The van der Waals surface area contributed by atoms with E-state index in [0.29, 0.717) is 41.6 Å². The van der Waals surface area contributed by atoms with Crippen LogP contribution in [-0.2, 0) is 40.1 Å². The Balaban J connectivity index is 1.20. The quantitative estimate of drug-likeness (QED) is 0.0536. The number of aliphatic hydroxyl groups excluding tert-OH is 1. The number of phenolic OH excluding ortho intramolecular Hbond substituents is 1. The Hall–Kier alpha value is -7.55. The highest BCUT2D eigenvalue weighted by Crippen LogP contribution is 2.42. The van der Waals surface area contributed by atoms with Gasteiger partial charge in [-0.25, -0.2) is 14.5 Å². The number of primary amides is 2. The molecule has 4 atom stereocenters. The van der Waals surface area contributed by atoms with Crippen LogP contribution >= 0.6 is 0 Å². The number of nitrogens with one attached hydrogen (secondary N) is 4. The van der Waals surface area contributed by atoms with Gasteiger partial charge in [-0.05, 0) is 79.8 Å². The molecule has 21 nitrogen and oxygen atoms in total. The smallest absolute Gasteiger partial charge is 0.416 e. The van der Waals surface area contributed by atoms with Crippen LogP contribution in [-0.4, -0.2) is 111 Å². The Morgan fingerprint density at radius 2 is 1.61 bits per heavy atom. The van der Waals surface area contributed by atoms with Crippen molar-refractivity contribution >= 4 is 64.8 Å². The third-order valence-electron chi connectivity index (χ3n) is 11.1. The van der Waals surface area contributed by atoms with Gasteiger partial charge in [0.05, 0.1) is 11.6 Å². The largest absolute Gasteiger partial charge is 0.505 e. The summed E-state index contributed by atoms with van der Waals surface area (Å²) in [4.78, 5) is 117. The molecule has 0 saturated carbocycles. The van der Waals surface area contributed by atoms with E-state index in [2.05, 4.69) is 21.3 Å². The first-order chi connectivity index (χ1) is 31.4. The number of unbranched alkanes of at least 4 members (excludes halogenated alkanes) is 2. The highest BCUT2D eigenvalue weighted by atomic mass is 16.6. The van der Waals surface area contributed by atoms with E-state index in [9.17, 15) is 53.4 Å². The number of fused-ring (bicyclic) bond motifs is 2. The third kappa shape index (κ3) is 12.6. The van der Waals surface area contributed by atoms with Crippen molar-refractivity contribution in [2.24, 2.45) is 17.4 Å². The standard InChI is InChI=1S/C45H55N9O12/c1-25(2)37(51-34(56)9-5-4-6-21-52-35(57)18-19-36(52)58)41(61)50-31(8-7-20-48-44(47)64)40(60)49-29-14-11-27(12-15-29)24-66-45(65)54-38-30(16-10-26(3)39(38)59)42(62)53-23-28(13-17-33(46)55)22-32(53)43(54)63/h10-19,23,25,31-32,37,43,59,63H,4-9,20-22,24H2,1-3H3,(H2,46,55)(H,49,60)(H,50,61)(H,51,56)(H3,47,48,64)/b17-13+/t31-,32-,37?,43-/m0/s1. The van der Waals surface area contributed by atoms with Crippen LogP contribution in [0.5, 0.6) is 5.75 Å². The van der Waals surface area contributed by atoms with Gasteiger partial charge in [-0.2, -0.15) is 0 Å². The van der Waals surface area contributed by atoms with Gasteiger partial charge in [-0.1, -0.05) is 44.5 Å². The van der Waals surface area contributed by atoms with Crippen LogP contribution in [0.4, 0.5) is 21.0 Å². The van der Waals surface area contributed by atoms with Gasteiger partial charge in [0.2, 0.25) is 23.6 Å². The SMILES string of the molecule is Cc1ccc2c(c1O)N(C(=O)OCc1ccc(NC(=O)[C@H](CCCNC(N)=O)NC(=O)C(NC(=O)CCCCCN3C(=O)C=CC3=O)C(C)C)cc1)[C@@H](O)[C@@H]1CC(/C=C/C(N)=O)=CN1C2=O. The van der Waals surface area contributed by atoms with Gasteiger partial charge in [-0.15, -0.1) is 0 Å². The van der Waals surface area contributed by atoms with Gasteiger partial charge in [0, 0.05) is 49.6 Å². The molecule has 0 spiro atoms. The molecule has 66 heavy (non-hydrogen) atoms. The summed E-state index contributed by atoms with van der Waals surface area (Å²) >= 11 is 0. The third-order valence-corrected chi connectivity index (χ3v) is 11.1. The number of allylic oxidation sites excluding steroid dienone is 1. The number of carbonyl (C=O) groups excluding carboxylic acids is 9. The summed E-state index contributed by atoms with van der Waals surface area (Å²) < 4.78 is 5.60. The van der Waals surface area contributed by atoms with Gasteiger partial charge in [0.25, 0.3) is 17.7 Å². The number of ether oxygens (including phenoxy) is 1. The summed E-state index contributed by atoms with van der Waals surface area (Å²) in [7, 11) is 0. The minimum atomic E-state index is -1.70. The molecule has 2 aromatic rings. The molecule has 3 aliphatic rings. The van der Waals surface area contributed by atoms with E-state index < -0.39 is 71.8 Å². The number of benzene rings is 2. The number of aliphatic hydroxyl groups is 1. The Morgan fingerprint density at radius 1 is 0.909 bits per heavy atom. The Bertz CT molecular complexity index is 2310. The van der Waals surface area contributed by atoms with Crippen molar-refractivity contribution in [3.8, 4) is 5.75 Å². The molecule has 0 aromatic heterocycles. The van der Waals surface area contributed by atoms with Crippen molar-refractivity contribution in [2.45, 2.75) is 96.7 Å². The molecule has 1 unspecified atom stereocenters. The van der Waals surface area contributed by atoms with Crippen molar-refractivity contribution < 1.29 is 58.1 Å². The number of amides is 10. The van der Waals surface area contributed by atoms with Crippen molar-refractivity contribution in [3.63, 3.8) is 0 Å². The molecular formula is C45H55N9O12. The number of rotatable bonds is 20. The minimum Gasteiger partial charge on any atom is -0.505 e. The second kappa shape index (κ2) is 22.4. The maximum Gasteiger partial charge on any atom is 0.416 e. The van der Waals surface area contributed by atoms with Crippen LogP contribution in [0, 0.1) is 12.8 Å². The number of aryl methyl sites for hydroxylation is 1. The molecule has 0 radical (unpaired) electrons. The second-order valence-corrected chi connectivity index (χ2v) is 16.3. The van der Waals surface area contributed by atoms with Gasteiger partial charge in [-0.3, -0.25) is 38.5 Å². The van der Waals surface area contributed by atoms with Crippen molar-refractivity contribution in [1.82, 2.24) is 25.8 Å². The molecule has 0 saturated heterocycles. The van der Waals surface area contributed by atoms with E-state index in [1.54, 1.807) is 32.9 Å². The number of aromatic hydroxyl groups is 1. The number of phenols is 1. The first kappa shape index (κ1) is 49.5. The summed E-state index contributed by atoms with van der Waals surface area (Å²) in [5, 5.41) is 33.3. The van der Waals surface area contributed by atoms with E-state index in [-0.39, 0.29) is 74.4 Å². The molecule has 10 amide bonds. The zero-order valence-electron chi connectivity index (χ0n) is 36.8. The van der Waals surface area contributed by atoms with E-state index >= 15 is 0 Å². The van der Waals surface area contributed by atoms with E-state index in [4.69, 9.17) is 16.2 Å². The molecule has 3 heterocycles. The second-order valence-electron chi connectivity index (χ2n) is 16.3. The number of urea groups is 1. The summed E-state index contributed by atoms with van der Waals surface area (Å²) in [6.45, 7) is 5.05. The van der Waals surface area contributed by atoms with Crippen LogP contribution in [0.1, 0.15) is 80.3 Å². The average molecular weight is 914 g/mol. The lowest BCUT2D eigenvalue weighted by molar-refractivity contribution is -0.137. The zero-order valence-corrected chi connectivity index (χ0v) is 36.8. The molecule has 2 aromatic carbocycles. The van der Waals surface area contributed by atoms with Crippen molar-refractivity contribution in [3.05, 3.63) is 89.2 Å². The number of nitrogens with two attached hydrogens (primary N) is 2. The first-order valence-electron chi connectivity index (χ1n) is 21.4. The number of carbonyl (C=O) groups is 9. The Labute approximate surface area is 380 Å². The fourth-order valence-corrected chi connectivity index (χ4v) is 7.51. The first-order valence-corrected chi connectivity index (χ1v) is 21.4. The summed E-state index contributed by atoms with van der Waals surface area (Å²) in [6, 6.07) is 5.18. The Morgan fingerprint density at radius 3 is 2.26 bits per heavy atom. The van der Waals surface area contributed by atoms with Crippen LogP contribution < -0.4 is 37.6 Å². The average Bonchev–Trinajstić information content (AvgIpc) is 3.83. The topological polar surface area (TPSA) is 313 Å². The molecule has 0 bridgehead atoms. The summed E-state index contributed by atoms with van der Waals surface area (Å²) in [5.41, 5.74) is 11.7. The highest BCUT2D eigenvalue weighted by molar-refractivity contribution is 6.13. The van der Waals surface area contributed by atoms with Gasteiger partial charge < -0.3 is 52.6 Å². The lowest BCUT2D eigenvalue weighted by Gasteiger charge is -2.31. The number of hydrogen-bond donors (Lipinski definition) is 8. The fourth-order valence-electron chi connectivity index (χ4n) is 7.51. The predicted molar refractivity (Wildman–Crippen MR) is 237 cm³/mol. The van der Waals surface area contributed by atoms with E-state index in [1.165, 1.54) is 53.6 Å². The molecule has 5 rings (SSSR count). The van der Waals surface area contributed by atoms with Gasteiger partial charge in [0.15, 0.2) is 6.23 Å². The lowest BCUT2D eigenvalue weighted by atomic mass is 10.0. The predicted octanol–water partition coefficient (Wildman–Crippen LogP) is 1.81. The van der Waals surface area contributed by atoms with Crippen molar-refractivity contribution in [1.29, 1.82) is 0 Å². The van der Waals surface area contributed by atoms with E-state index in [0.717, 1.165) is 15.9 Å². The fraction of sp³-hybridized carbons (Fsp3) is 0.400. The number of anilines is 2. The molecule has 352 valence electrons. The monoisotopic (exact) mass is 913 g/mol. The molecule has 21 heteroatoms. The lowest BCUT2D eigenvalue weighted by Crippen LogP contribution is -2.54. The maximum absolute atomic E-state index is 13.8. The van der Waals surface area contributed by atoms with Crippen molar-refractivity contribution in [2.75, 3.05) is 23.3 Å². The molecule has 3 aliphatic heterocycles. The number of nitrogens with zero attached hydrogens (tertiary/aromatic N) is 3. The van der Waals surface area contributed by atoms with Crippen LogP contribution in [0.15, 0.2) is 72.5 Å². The normalized spacial score (nSPS) is 17.5. The molecule has 10 N–H and O–H groups in total. The number of hydrogen-bond acceptors (Lipinski definition) is 12. The molecular weight excluding hydrogens is 859 g/mol. The van der Waals surface area contributed by atoms with Gasteiger partial charge in [0.1, 0.15) is 30.1 Å². The molecule has 0 fully saturated rings. The van der Waals surface area contributed by atoms with E-state index in [1.807, 2.05) is 0 Å². The zero-order chi connectivity index (χ0) is 48.2. The molecule has 0 aliphatic carbocycles. The maximum atomic E-state index is 13.8. The van der Waals surface area contributed by atoms with Gasteiger partial charge >= 0.3 is 12.1 Å². The summed E-state index contributed by atoms with van der Waals surface area (Å²) in [6.07, 6.45) is 5.55. The highest BCUT2D eigenvalue weighted by Gasteiger charge is 2.46. The van der Waals surface area contributed by atoms with Crippen LogP contribution in [0.3, 0.4) is 0 Å².